The number of nitrogens with zero attached hydrogens (tertiary/aromatic N) is 2. The fraction of sp³-hybridized carbons (Fsp3) is 0.727. The van der Waals surface area contributed by atoms with Gasteiger partial charge in [-0.25, -0.2) is 4.79 Å². The van der Waals surface area contributed by atoms with Gasteiger partial charge in [-0.3, -0.25) is 9.59 Å². The number of carbonyl (C=O) groups is 3. The van der Waals surface area contributed by atoms with Crippen LogP contribution in [0.1, 0.15) is 13.8 Å². The van der Waals surface area contributed by atoms with Gasteiger partial charge < -0.3 is 25.4 Å². The van der Waals surface area contributed by atoms with Crippen LogP contribution in [0.5, 0.6) is 0 Å². The molecule has 0 saturated carbocycles. The predicted molar refractivity (Wildman–Crippen MR) is 65.4 cm³/mol. The molecule has 0 aliphatic carbocycles. The summed E-state index contributed by atoms with van der Waals surface area (Å²) < 4.78 is 5.49. The number of hydrogen-bond donors (Lipinski definition) is 2. The molecule has 19 heavy (non-hydrogen) atoms. The van der Waals surface area contributed by atoms with Gasteiger partial charge >= 0.3 is 12.0 Å². The fourth-order valence-electron chi connectivity index (χ4n) is 2.08. The Morgan fingerprint density at radius 1 is 1.26 bits per heavy atom. The van der Waals surface area contributed by atoms with Gasteiger partial charge in [-0.1, -0.05) is 0 Å². The van der Waals surface area contributed by atoms with Crippen LogP contribution in [0, 0.1) is 0 Å². The zero-order chi connectivity index (χ0) is 14.6. The third kappa shape index (κ3) is 4.74. The van der Waals surface area contributed by atoms with E-state index >= 15 is 0 Å². The Hall–Kier alpha value is -1.83. The van der Waals surface area contributed by atoms with Gasteiger partial charge in [0.25, 0.3) is 0 Å². The maximum atomic E-state index is 12.2. The third-order valence-corrected chi connectivity index (χ3v) is 2.63. The molecular weight excluding hydrogens is 254 g/mol. The van der Waals surface area contributed by atoms with Crippen LogP contribution in [0.2, 0.25) is 0 Å². The van der Waals surface area contributed by atoms with E-state index in [4.69, 9.17) is 15.6 Å². The lowest BCUT2D eigenvalue weighted by atomic mass is 10.2. The Labute approximate surface area is 111 Å². The van der Waals surface area contributed by atoms with Crippen LogP contribution in [0.4, 0.5) is 4.79 Å². The molecule has 8 nitrogen and oxygen atoms in total. The lowest BCUT2D eigenvalue weighted by molar-refractivity contribution is -0.138. The molecule has 1 saturated heterocycles. The van der Waals surface area contributed by atoms with E-state index in [0.29, 0.717) is 13.1 Å². The summed E-state index contributed by atoms with van der Waals surface area (Å²) in [6, 6.07) is -0.511. The van der Waals surface area contributed by atoms with Crippen molar-refractivity contribution in [2.24, 2.45) is 5.73 Å². The van der Waals surface area contributed by atoms with Crippen molar-refractivity contribution < 1.29 is 24.2 Å². The van der Waals surface area contributed by atoms with Gasteiger partial charge in [-0.2, -0.15) is 0 Å². The maximum absolute atomic E-state index is 12.2. The number of morpholine rings is 1. The highest BCUT2D eigenvalue weighted by atomic mass is 16.5. The summed E-state index contributed by atoms with van der Waals surface area (Å²) in [5, 5.41) is 8.76. The lowest BCUT2D eigenvalue weighted by Gasteiger charge is -2.37. The van der Waals surface area contributed by atoms with E-state index in [1.165, 1.54) is 4.90 Å². The van der Waals surface area contributed by atoms with E-state index in [2.05, 4.69) is 0 Å². The van der Waals surface area contributed by atoms with Crippen molar-refractivity contribution in [3.8, 4) is 0 Å². The first kappa shape index (κ1) is 15.2. The van der Waals surface area contributed by atoms with Crippen molar-refractivity contribution in [3.05, 3.63) is 0 Å². The topological polar surface area (TPSA) is 113 Å². The number of nitrogens with two attached hydrogens (primary N) is 1. The summed E-state index contributed by atoms with van der Waals surface area (Å²) in [6.45, 7) is 3.40. The number of carboxylic acids is 1. The Balaban J connectivity index is 2.74. The third-order valence-electron chi connectivity index (χ3n) is 2.63. The van der Waals surface area contributed by atoms with Crippen LogP contribution in [0.15, 0.2) is 0 Å². The van der Waals surface area contributed by atoms with Gasteiger partial charge in [0.1, 0.15) is 13.1 Å². The molecule has 1 rings (SSSR count). The van der Waals surface area contributed by atoms with E-state index in [1.54, 1.807) is 0 Å². The summed E-state index contributed by atoms with van der Waals surface area (Å²) in [7, 11) is 0. The lowest BCUT2D eigenvalue weighted by Crippen LogP contribution is -2.55. The Morgan fingerprint density at radius 3 is 2.21 bits per heavy atom. The molecule has 1 heterocycles. The number of primary amides is 1. The molecule has 0 bridgehead atoms. The van der Waals surface area contributed by atoms with Crippen LogP contribution in [0.3, 0.4) is 0 Å². The van der Waals surface area contributed by atoms with Gasteiger partial charge in [0.2, 0.25) is 5.91 Å². The second kappa shape index (κ2) is 6.37. The van der Waals surface area contributed by atoms with E-state index < -0.39 is 31.0 Å². The number of ether oxygens (including phenoxy) is 1. The average Bonchev–Trinajstić information content (AvgIpc) is 2.24. The average molecular weight is 273 g/mol. The Kier molecular flexibility index (Phi) is 5.11. The standard InChI is InChI=1S/C11H19N3O5/c1-7-3-13(4-8(2)19-7)11(18)14(5-9(12)15)6-10(16)17/h7-8H,3-6H2,1-2H3,(H2,12,15)(H,16,17)/t7-,8+. The maximum Gasteiger partial charge on any atom is 0.323 e. The molecule has 0 aromatic heterocycles. The van der Waals surface area contributed by atoms with Gasteiger partial charge in [-0.15, -0.1) is 0 Å². The highest BCUT2D eigenvalue weighted by molar-refractivity contribution is 5.86. The number of carbonyl (C=O) groups excluding carboxylic acids is 2. The van der Waals surface area contributed by atoms with Crippen LogP contribution < -0.4 is 5.73 Å². The van der Waals surface area contributed by atoms with E-state index in [-0.39, 0.29) is 12.2 Å². The summed E-state index contributed by atoms with van der Waals surface area (Å²) >= 11 is 0. The summed E-state index contributed by atoms with van der Waals surface area (Å²) in [6.07, 6.45) is -0.263. The molecule has 0 spiro atoms. The second-order valence-electron chi connectivity index (χ2n) is 4.66. The number of urea groups is 1. The molecule has 1 fully saturated rings. The minimum atomic E-state index is -1.19. The first-order valence-corrected chi connectivity index (χ1v) is 5.99. The van der Waals surface area contributed by atoms with Crippen LogP contribution in [-0.4, -0.2) is 71.2 Å². The first-order valence-electron chi connectivity index (χ1n) is 5.99. The van der Waals surface area contributed by atoms with Crippen molar-refractivity contribution in [1.29, 1.82) is 0 Å². The summed E-state index contributed by atoms with van der Waals surface area (Å²) in [4.78, 5) is 36.2. The molecule has 8 heteroatoms. The van der Waals surface area contributed by atoms with Crippen LogP contribution in [0.25, 0.3) is 0 Å². The van der Waals surface area contributed by atoms with Crippen molar-refractivity contribution >= 4 is 17.9 Å². The quantitative estimate of drug-likeness (QED) is 0.688. The molecule has 0 unspecified atom stereocenters. The number of carboxylic acid groups (broad SMARTS) is 1. The summed E-state index contributed by atoms with van der Waals surface area (Å²) in [5.74, 6) is -1.94. The molecule has 3 amide bonds. The molecule has 1 aliphatic heterocycles. The molecule has 0 aromatic carbocycles. The van der Waals surface area contributed by atoms with Crippen LogP contribution >= 0.6 is 0 Å². The number of hydrogen-bond acceptors (Lipinski definition) is 4. The number of amides is 3. The van der Waals surface area contributed by atoms with Gasteiger partial charge in [0.15, 0.2) is 0 Å². The minimum absolute atomic E-state index is 0.132. The molecule has 0 aromatic rings. The molecule has 1 aliphatic rings. The zero-order valence-electron chi connectivity index (χ0n) is 11.0. The van der Waals surface area contributed by atoms with Crippen molar-refractivity contribution in [3.63, 3.8) is 0 Å². The van der Waals surface area contributed by atoms with Gasteiger partial charge in [-0.05, 0) is 13.8 Å². The SMILES string of the molecule is C[C@@H]1CN(C(=O)N(CC(N)=O)CC(=O)O)C[C@H](C)O1. The van der Waals surface area contributed by atoms with Crippen molar-refractivity contribution in [2.45, 2.75) is 26.1 Å². The van der Waals surface area contributed by atoms with E-state index in [0.717, 1.165) is 4.90 Å². The molecule has 2 atom stereocenters. The van der Waals surface area contributed by atoms with Crippen molar-refractivity contribution in [2.75, 3.05) is 26.2 Å². The fourth-order valence-corrected chi connectivity index (χ4v) is 2.08. The smallest absolute Gasteiger partial charge is 0.323 e. The highest BCUT2D eigenvalue weighted by Gasteiger charge is 2.30. The number of aliphatic carboxylic acids is 1. The van der Waals surface area contributed by atoms with E-state index in [1.807, 2.05) is 13.8 Å². The predicted octanol–water partition coefficient (Wildman–Crippen LogP) is -0.912. The molecule has 108 valence electrons. The zero-order valence-corrected chi connectivity index (χ0v) is 11.0. The Morgan fingerprint density at radius 2 is 1.79 bits per heavy atom. The minimum Gasteiger partial charge on any atom is -0.480 e. The van der Waals surface area contributed by atoms with Crippen molar-refractivity contribution in [1.82, 2.24) is 9.80 Å². The largest absolute Gasteiger partial charge is 0.480 e. The van der Waals surface area contributed by atoms with Gasteiger partial charge in [0, 0.05) is 13.1 Å². The normalized spacial score (nSPS) is 22.9. The van der Waals surface area contributed by atoms with Crippen LogP contribution in [-0.2, 0) is 14.3 Å². The van der Waals surface area contributed by atoms with E-state index in [9.17, 15) is 14.4 Å². The highest BCUT2D eigenvalue weighted by Crippen LogP contribution is 2.12. The number of rotatable bonds is 4. The Bertz CT molecular complexity index is 347. The summed E-state index contributed by atoms with van der Waals surface area (Å²) in [5.41, 5.74) is 5.02. The van der Waals surface area contributed by atoms with Gasteiger partial charge in [0.05, 0.1) is 12.2 Å². The monoisotopic (exact) mass is 273 g/mol. The molecule has 0 radical (unpaired) electrons. The molecule has 3 N–H and O–H groups in total. The first-order chi connectivity index (χ1) is 8.79. The molecular formula is C11H19N3O5. The second-order valence-corrected chi connectivity index (χ2v) is 4.66.